The Kier molecular flexibility index (Phi) is 7.13. The summed E-state index contributed by atoms with van der Waals surface area (Å²) in [4.78, 5) is 1.64. The fraction of sp³-hybridized carbons (Fsp3) is 1.00. The molecule has 114 valence electrons. The van der Waals surface area contributed by atoms with E-state index >= 15 is 0 Å². The average molecular weight is 280 g/mol. The molecule has 0 aliphatic carbocycles. The molecule has 1 atom stereocenters. The van der Waals surface area contributed by atoms with Gasteiger partial charge in [0.2, 0.25) is 0 Å². The van der Waals surface area contributed by atoms with Crippen LogP contribution in [0.25, 0.3) is 0 Å². The van der Waals surface area contributed by atoms with Gasteiger partial charge in [-0.3, -0.25) is 4.90 Å². The highest BCUT2D eigenvalue weighted by Crippen LogP contribution is 2.29. The summed E-state index contributed by atoms with van der Waals surface area (Å²) < 4.78 is 30.6. The van der Waals surface area contributed by atoms with Crippen LogP contribution in [0, 0.1) is 5.41 Å². The van der Waals surface area contributed by atoms with Crippen LogP contribution in [0.2, 0.25) is 0 Å². The number of alkyl halides is 2. The number of nitrogens with one attached hydrogen (secondary N) is 1. The maximum Gasteiger partial charge on any atom is 0.251 e. The molecule has 0 saturated carbocycles. The topological polar surface area (TPSA) is 44.7 Å². The third-order valence-electron chi connectivity index (χ3n) is 3.44. The number of aliphatic hydroxyl groups excluding tert-OH is 1. The lowest BCUT2D eigenvalue weighted by Gasteiger charge is -2.34. The fourth-order valence-corrected chi connectivity index (χ4v) is 2.44. The largest absolute Gasteiger partial charge is 0.395 e. The molecule has 1 rings (SSSR count). The lowest BCUT2D eigenvalue weighted by atomic mass is 9.86. The van der Waals surface area contributed by atoms with Crippen molar-refractivity contribution in [3.8, 4) is 0 Å². The van der Waals surface area contributed by atoms with Gasteiger partial charge in [0.25, 0.3) is 6.43 Å². The zero-order valence-corrected chi connectivity index (χ0v) is 11.9. The molecule has 1 unspecified atom stereocenters. The number of nitrogens with zero attached hydrogens (tertiary/aromatic N) is 1. The second kappa shape index (κ2) is 8.09. The summed E-state index contributed by atoms with van der Waals surface area (Å²) in [5.74, 6) is 0. The van der Waals surface area contributed by atoms with Crippen LogP contribution in [0.1, 0.15) is 20.3 Å². The van der Waals surface area contributed by atoms with Crippen molar-refractivity contribution in [3.63, 3.8) is 0 Å². The molecule has 1 heterocycles. The van der Waals surface area contributed by atoms with Crippen molar-refractivity contribution in [3.05, 3.63) is 0 Å². The van der Waals surface area contributed by atoms with Gasteiger partial charge in [-0.05, 0) is 6.42 Å². The molecule has 19 heavy (non-hydrogen) atoms. The van der Waals surface area contributed by atoms with E-state index in [1.54, 1.807) is 4.90 Å². The molecule has 4 nitrogen and oxygen atoms in total. The minimum absolute atomic E-state index is 0.0960. The van der Waals surface area contributed by atoms with Gasteiger partial charge in [0.15, 0.2) is 0 Å². The Bertz CT molecular complexity index is 247. The second-order valence-electron chi connectivity index (χ2n) is 5.69. The summed E-state index contributed by atoms with van der Waals surface area (Å²) in [6, 6.07) is 0.360. The van der Waals surface area contributed by atoms with E-state index < -0.39 is 6.43 Å². The predicted octanol–water partition coefficient (Wildman–Crippen LogP) is 0.950. The van der Waals surface area contributed by atoms with E-state index in [0.717, 1.165) is 13.0 Å². The van der Waals surface area contributed by atoms with E-state index in [9.17, 15) is 8.78 Å². The van der Waals surface area contributed by atoms with Crippen molar-refractivity contribution in [2.24, 2.45) is 5.41 Å². The van der Waals surface area contributed by atoms with Gasteiger partial charge in [0, 0.05) is 37.7 Å². The smallest absolute Gasteiger partial charge is 0.251 e. The Balaban J connectivity index is 2.58. The van der Waals surface area contributed by atoms with Crippen LogP contribution >= 0.6 is 0 Å². The zero-order chi connectivity index (χ0) is 14.3. The van der Waals surface area contributed by atoms with Crippen LogP contribution < -0.4 is 5.32 Å². The summed E-state index contributed by atoms with van der Waals surface area (Å²) >= 11 is 0. The SMILES string of the molecule is CC(C)NCC1(CN(CCO)CC(F)F)CCOC1. The van der Waals surface area contributed by atoms with Gasteiger partial charge in [-0.25, -0.2) is 8.78 Å². The molecule has 0 bridgehead atoms. The number of ether oxygens (including phenoxy) is 1. The number of halogens is 2. The van der Waals surface area contributed by atoms with Gasteiger partial charge in [0.05, 0.1) is 19.8 Å². The lowest BCUT2D eigenvalue weighted by molar-refractivity contribution is 0.0441. The fourth-order valence-electron chi connectivity index (χ4n) is 2.44. The van der Waals surface area contributed by atoms with Crippen LogP contribution in [-0.2, 0) is 4.74 Å². The Morgan fingerprint density at radius 1 is 1.42 bits per heavy atom. The Morgan fingerprint density at radius 2 is 2.16 bits per heavy atom. The first-order chi connectivity index (χ1) is 8.97. The average Bonchev–Trinajstić information content (AvgIpc) is 2.75. The van der Waals surface area contributed by atoms with Gasteiger partial charge in [-0.2, -0.15) is 0 Å². The molecule has 0 aromatic carbocycles. The van der Waals surface area contributed by atoms with E-state index in [1.807, 2.05) is 0 Å². The summed E-state index contributed by atoms with van der Waals surface area (Å²) in [5, 5.41) is 12.4. The zero-order valence-electron chi connectivity index (χ0n) is 11.9. The summed E-state index contributed by atoms with van der Waals surface area (Å²) in [6.45, 7) is 6.61. The molecule has 0 radical (unpaired) electrons. The maximum atomic E-state index is 12.6. The van der Waals surface area contributed by atoms with E-state index in [4.69, 9.17) is 9.84 Å². The molecule has 1 saturated heterocycles. The normalized spacial score (nSPS) is 24.0. The first kappa shape index (κ1) is 16.8. The third-order valence-corrected chi connectivity index (χ3v) is 3.44. The van der Waals surface area contributed by atoms with Crippen molar-refractivity contribution >= 4 is 0 Å². The van der Waals surface area contributed by atoms with Crippen LogP contribution in [0.3, 0.4) is 0 Å². The van der Waals surface area contributed by atoms with Crippen molar-refractivity contribution in [1.29, 1.82) is 0 Å². The standard InChI is InChI=1S/C13H26F2N2O2/c1-11(2)16-8-13(3-6-19-10-13)9-17(4-5-18)7-12(14)15/h11-12,16,18H,3-10H2,1-2H3. The highest BCUT2D eigenvalue weighted by molar-refractivity contribution is 4.89. The predicted molar refractivity (Wildman–Crippen MR) is 70.5 cm³/mol. The molecular weight excluding hydrogens is 254 g/mol. The number of hydrogen-bond acceptors (Lipinski definition) is 4. The summed E-state index contributed by atoms with van der Waals surface area (Å²) in [7, 11) is 0. The van der Waals surface area contributed by atoms with Crippen molar-refractivity contribution in [2.75, 3.05) is 46.0 Å². The highest BCUT2D eigenvalue weighted by Gasteiger charge is 2.36. The highest BCUT2D eigenvalue weighted by atomic mass is 19.3. The molecule has 0 aromatic rings. The second-order valence-corrected chi connectivity index (χ2v) is 5.69. The molecule has 1 aliphatic rings. The quantitative estimate of drug-likeness (QED) is 0.660. The van der Waals surface area contributed by atoms with E-state index in [1.165, 1.54) is 0 Å². The molecule has 1 fully saturated rings. The Labute approximate surface area is 114 Å². The van der Waals surface area contributed by atoms with Gasteiger partial charge in [-0.15, -0.1) is 0 Å². The minimum atomic E-state index is -2.37. The minimum Gasteiger partial charge on any atom is -0.395 e. The van der Waals surface area contributed by atoms with Gasteiger partial charge in [-0.1, -0.05) is 13.8 Å². The lowest BCUT2D eigenvalue weighted by Crippen LogP contribution is -2.48. The van der Waals surface area contributed by atoms with Crippen LogP contribution in [-0.4, -0.2) is 68.5 Å². The molecule has 6 heteroatoms. The monoisotopic (exact) mass is 280 g/mol. The number of rotatable bonds is 9. The van der Waals surface area contributed by atoms with Crippen LogP contribution in [0.15, 0.2) is 0 Å². The maximum absolute atomic E-state index is 12.6. The van der Waals surface area contributed by atoms with Gasteiger partial charge in [0.1, 0.15) is 0 Å². The molecule has 1 aliphatic heterocycles. The van der Waals surface area contributed by atoms with Crippen LogP contribution in [0.5, 0.6) is 0 Å². The third kappa shape index (κ3) is 6.12. The molecule has 0 amide bonds. The molecular formula is C13H26F2N2O2. The Morgan fingerprint density at radius 3 is 2.63 bits per heavy atom. The van der Waals surface area contributed by atoms with Crippen molar-refractivity contribution in [2.45, 2.75) is 32.7 Å². The van der Waals surface area contributed by atoms with Crippen LogP contribution in [0.4, 0.5) is 8.78 Å². The first-order valence-corrected chi connectivity index (χ1v) is 6.90. The first-order valence-electron chi connectivity index (χ1n) is 6.90. The number of aliphatic hydroxyl groups is 1. The van der Waals surface area contributed by atoms with E-state index in [-0.39, 0.29) is 25.1 Å². The van der Waals surface area contributed by atoms with Crippen molar-refractivity contribution < 1.29 is 18.6 Å². The number of hydrogen-bond donors (Lipinski definition) is 2. The van der Waals surface area contributed by atoms with E-state index in [0.29, 0.717) is 25.8 Å². The molecule has 0 spiro atoms. The van der Waals surface area contributed by atoms with Crippen molar-refractivity contribution in [1.82, 2.24) is 10.2 Å². The molecule has 2 N–H and O–H groups in total. The van der Waals surface area contributed by atoms with Gasteiger partial charge >= 0.3 is 0 Å². The van der Waals surface area contributed by atoms with E-state index in [2.05, 4.69) is 19.2 Å². The Hall–Kier alpha value is -0.300. The summed E-state index contributed by atoms with van der Waals surface area (Å²) in [5.41, 5.74) is -0.117. The molecule has 0 aromatic heterocycles. The summed E-state index contributed by atoms with van der Waals surface area (Å²) in [6.07, 6.45) is -1.50. The van der Waals surface area contributed by atoms with Gasteiger partial charge < -0.3 is 15.2 Å².